The summed E-state index contributed by atoms with van der Waals surface area (Å²) >= 11 is 3.47. The van der Waals surface area contributed by atoms with Crippen LogP contribution in [0.1, 0.15) is 12.5 Å². The first-order chi connectivity index (χ1) is 6.34. The highest BCUT2D eigenvalue weighted by Crippen LogP contribution is 2.16. The topological polar surface area (TPSA) is 9.23 Å². The molecule has 0 N–H and O–H groups in total. The van der Waals surface area contributed by atoms with Crippen molar-refractivity contribution >= 4 is 15.9 Å². The van der Waals surface area contributed by atoms with Crippen molar-refractivity contribution in [1.29, 1.82) is 0 Å². The van der Waals surface area contributed by atoms with E-state index in [2.05, 4.69) is 22.0 Å². The molecular formula is C11H13BrO. The Morgan fingerprint density at radius 3 is 2.85 bits per heavy atom. The summed E-state index contributed by atoms with van der Waals surface area (Å²) in [5, 5.41) is 0. The van der Waals surface area contributed by atoms with Crippen molar-refractivity contribution in [3.63, 3.8) is 0 Å². The number of hydrogen-bond donors (Lipinski definition) is 0. The van der Waals surface area contributed by atoms with Crippen LogP contribution in [0.2, 0.25) is 0 Å². The summed E-state index contributed by atoms with van der Waals surface area (Å²) in [6.45, 7) is 3.32. The third-order valence-corrected chi connectivity index (χ3v) is 2.44. The standard InChI is InChI=1S/C11H13BrO/c1-2-3-8-13-9-10-6-4-5-7-11(10)12/h2-7H,8-9H2,1H3/b3-2+. The molecule has 13 heavy (non-hydrogen) atoms. The van der Waals surface area contributed by atoms with Crippen molar-refractivity contribution in [3.8, 4) is 0 Å². The van der Waals surface area contributed by atoms with Crippen LogP contribution in [0.25, 0.3) is 0 Å². The van der Waals surface area contributed by atoms with Gasteiger partial charge in [0.15, 0.2) is 0 Å². The quantitative estimate of drug-likeness (QED) is 0.578. The van der Waals surface area contributed by atoms with E-state index in [1.54, 1.807) is 0 Å². The molecule has 70 valence electrons. The molecule has 1 aromatic rings. The second-order valence-corrected chi connectivity index (χ2v) is 3.53. The van der Waals surface area contributed by atoms with E-state index in [9.17, 15) is 0 Å². The van der Waals surface area contributed by atoms with Gasteiger partial charge in [0.2, 0.25) is 0 Å². The Labute approximate surface area is 87.5 Å². The fraction of sp³-hybridized carbons (Fsp3) is 0.273. The van der Waals surface area contributed by atoms with E-state index in [1.807, 2.05) is 37.3 Å². The second-order valence-electron chi connectivity index (χ2n) is 2.68. The lowest BCUT2D eigenvalue weighted by molar-refractivity contribution is 0.148. The molecule has 0 fully saturated rings. The molecule has 0 aromatic heterocycles. The summed E-state index contributed by atoms with van der Waals surface area (Å²) < 4.78 is 6.53. The SMILES string of the molecule is C/C=C/COCc1ccccc1Br. The third-order valence-electron chi connectivity index (χ3n) is 1.67. The Balaban J connectivity index is 2.41. The maximum absolute atomic E-state index is 5.42. The Bertz CT molecular complexity index is 281. The lowest BCUT2D eigenvalue weighted by atomic mass is 10.2. The maximum atomic E-state index is 5.42. The lowest BCUT2D eigenvalue weighted by Crippen LogP contribution is -1.93. The number of benzene rings is 1. The normalized spacial score (nSPS) is 10.9. The second kappa shape index (κ2) is 5.95. The van der Waals surface area contributed by atoms with Crippen molar-refractivity contribution in [1.82, 2.24) is 0 Å². The molecule has 0 spiro atoms. The minimum absolute atomic E-state index is 0.658. The summed E-state index contributed by atoms with van der Waals surface area (Å²) in [7, 11) is 0. The maximum Gasteiger partial charge on any atom is 0.0732 e. The van der Waals surface area contributed by atoms with Crippen LogP contribution in [0.15, 0.2) is 40.9 Å². The minimum Gasteiger partial charge on any atom is -0.373 e. The van der Waals surface area contributed by atoms with Crippen LogP contribution in [0, 0.1) is 0 Å². The Kier molecular flexibility index (Phi) is 4.79. The molecule has 0 saturated heterocycles. The Morgan fingerprint density at radius 2 is 2.15 bits per heavy atom. The molecule has 0 aliphatic rings. The first-order valence-corrected chi connectivity index (χ1v) is 5.06. The summed E-state index contributed by atoms with van der Waals surface area (Å²) in [6, 6.07) is 8.09. The molecule has 0 radical (unpaired) electrons. The van der Waals surface area contributed by atoms with Crippen molar-refractivity contribution < 1.29 is 4.74 Å². The highest BCUT2D eigenvalue weighted by atomic mass is 79.9. The average molecular weight is 241 g/mol. The van der Waals surface area contributed by atoms with Crippen LogP contribution in [0.5, 0.6) is 0 Å². The summed E-state index contributed by atoms with van der Waals surface area (Å²) in [5.74, 6) is 0. The molecule has 1 rings (SSSR count). The molecule has 1 aromatic carbocycles. The predicted molar refractivity (Wildman–Crippen MR) is 58.6 cm³/mol. The van der Waals surface area contributed by atoms with Crippen LogP contribution < -0.4 is 0 Å². The first kappa shape index (κ1) is 10.5. The first-order valence-electron chi connectivity index (χ1n) is 4.27. The fourth-order valence-corrected chi connectivity index (χ4v) is 1.35. The Hall–Kier alpha value is -0.600. The molecule has 0 bridgehead atoms. The number of halogens is 1. The van der Waals surface area contributed by atoms with E-state index in [0.717, 1.165) is 4.47 Å². The van der Waals surface area contributed by atoms with Crippen molar-refractivity contribution in [2.75, 3.05) is 6.61 Å². The van der Waals surface area contributed by atoms with Gasteiger partial charge in [0, 0.05) is 4.47 Å². The molecule has 2 heteroatoms. The van der Waals surface area contributed by atoms with Crippen LogP contribution in [-0.2, 0) is 11.3 Å². The molecular weight excluding hydrogens is 228 g/mol. The van der Waals surface area contributed by atoms with Gasteiger partial charge in [0.1, 0.15) is 0 Å². The molecule has 0 aliphatic heterocycles. The number of allylic oxidation sites excluding steroid dienone is 1. The van der Waals surface area contributed by atoms with Gasteiger partial charge in [0.25, 0.3) is 0 Å². The van der Waals surface area contributed by atoms with Crippen molar-refractivity contribution in [3.05, 3.63) is 46.5 Å². The molecule has 0 unspecified atom stereocenters. The molecule has 0 atom stereocenters. The van der Waals surface area contributed by atoms with E-state index in [-0.39, 0.29) is 0 Å². The summed E-state index contributed by atoms with van der Waals surface area (Å²) in [4.78, 5) is 0. The smallest absolute Gasteiger partial charge is 0.0732 e. The Morgan fingerprint density at radius 1 is 1.38 bits per heavy atom. The highest BCUT2D eigenvalue weighted by Gasteiger charge is 1.96. The van der Waals surface area contributed by atoms with Gasteiger partial charge >= 0.3 is 0 Å². The number of rotatable bonds is 4. The van der Waals surface area contributed by atoms with Gasteiger partial charge < -0.3 is 4.74 Å². The van der Waals surface area contributed by atoms with Gasteiger partial charge in [-0.3, -0.25) is 0 Å². The van der Waals surface area contributed by atoms with E-state index >= 15 is 0 Å². The molecule has 1 nitrogen and oxygen atoms in total. The van der Waals surface area contributed by atoms with E-state index in [1.165, 1.54) is 5.56 Å². The zero-order valence-electron chi connectivity index (χ0n) is 7.66. The minimum atomic E-state index is 0.658. The zero-order chi connectivity index (χ0) is 9.52. The van der Waals surface area contributed by atoms with Gasteiger partial charge in [-0.05, 0) is 18.6 Å². The van der Waals surface area contributed by atoms with Gasteiger partial charge in [-0.2, -0.15) is 0 Å². The fourth-order valence-electron chi connectivity index (χ4n) is 0.949. The van der Waals surface area contributed by atoms with Gasteiger partial charge in [-0.15, -0.1) is 0 Å². The van der Waals surface area contributed by atoms with Crippen molar-refractivity contribution in [2.24, 2.45) is 0 Å². The number of hydrogen-bond acceptors (Lipinski definition) is 1. The summed E-state index contributed by atoms with van der Waals surface area (Å²) in [6.07, 6.45) is 3.98. The van der Waals surface area contributed by atoms with Gasteiger partial charge in [-0.25, -0.2) is 0 Å². The van der Waals surface area contributed by atoms with Gasteiger partial charge in [-0.1, -0.05) is 46.3 Å². The van der Waals surface area contributed by atoms with Crippen LogP contribution in [-0.4, -0.2) is 6.61 Å². The molecule has 0 saturated carbocycles. The zero-order valence-corrected chi connectivity index (χ0v) is 9.25. The van der Waals surface area contributed by atoms with Crippen molar-refractivity contribution in [2.45, 2.75) is 13.5 Å². The van der Waals surface area contributed by atoms with E-state index in [4.69, 9.17) is 4.74 Å². The lowest BCUT2D eigenvalue weighted by Gasteiger charge is -2.03. The average Bonchev–Trinajstić information content (AvgIpc) is 2.15. The van der Waals surface area contributed by atoms with E-state index in [0.29, 0.717) is 13.2 Å². The van der Waals surface area contributed by atoms with Crippen LogP contribution in [0.4, 0.5) is 0 Å². The largest absolute Gasteiger partial charge is 0.373 e. The monoisotopic (exact) mass is 240 g/mol. The molecule has 0 amide bonds. The molecule has 0 heterocycles. The van der Waals surface area contributed by atoms with Gasteiger partial charge in [0.05, 0.1) is 13.2 Å². The summed E-state index contributed by atoms with van der Waals surface area (Å²) in [5.41, 5.74) is 1.19. The van der Waals surface area contributed by atoms with Crippen LogP contribution >= 0.6 is 15.9 Å². The van der Waals surface area contributed by atoms with E-state index < -0.39 is 0 Å². The number of ether oxygens (including phenoxy) is 1. The highest BCUT2D eigenvalue weighted by molar-refractivity contribution is 9.10. The van der Waals surface area contributed by atoms with Crippen LogP contribution in [0.3, 0.4) is 0 Å². The molecule has 0 aliphatic carbocycles. The third kappa shape index (κ3) is 3.75. The predicted octanol–water partition coefficient (Wildman–Crippen LogP) is 3.54.